The van der Waals surface area contributed by atoms with Gasteiger partial charge in [0.05, 0.1) is 11.3 Å². The number of sulfonamides is 1. The van der Waals surface area contributed by atoms with Crippen LogP contribution in [0.25, 0.3) is 0 Å². The lowest BCUT2D eigenvalue weighted by Crippen LogP contribution is -2.57. The minimum atomic E-state index is -3.43. The van der Waals surface area contributed by atoms with Crippen molar-refractivity contribution in [2.24, 2.45) is 5.73 Å². The Labute approximate surface area is 159 Å². The summed E-state index contributed by atoms with van der Waals surface area (Å²) in [5.74, 6) is 0.419. The average Bonchev–Trinajstić information content (AvgIpc) is 2.69. The fraction of sp³-hybridized carbons (Fsp3) is 0.647. The first-order valence-corrected chi connectivity index (χ1v) is 10.8. The third-order valence-corrected chi connectivity index (χ3v) is 6.96. The van der Waals surface area contributed by atoms with Gasteiger partial charge < -0.3 is 20.7 Å². The minimum Gasteiger partial charge on any atom is -0.381 e. The topological polar surface area (TPSA) is 118 Å². The maximum absolute atomic E-state index is 12.6. The molecular weight excluding hydrogens is 370 g/mol. The molecule has 0 bridgehead atoms. The summed E-state index contributed by atoms with van der Waals surface area (Å²) in [6.07, 6.45) is 2.62. The number of nitrogens with one attached hydrogen (secondary N) is 1. The van der Waals surface area contributed by atoms with Crippen LogP contribution in [-0.4, -0.2) is 80.8 Å². The van der Waals surface area contributed by atoms with Gasteiger partial charge in [0, 0.05) is 52.1 Å². The standard InChI is InChI=1S/C17H27N5O4S/c18-17(4-12-26-13-5-17)16(23)20-7-14-27(24,25)22-10-8-21(9-11-22)15-3-1-2-6-19-15/h1-3,6H,4-5,7-14,18H2,(H,20,23). The number of carbonyl (C=O) groups excluding carboxylic acids is 1. The molecule has 1 amide bonds. The molecule has 3 N–H and O–H groups in total. The molecule has 9 nitrogen and oxygen atoms in total. The summed E-state index contributed by atoms with van der Waals surface area (Å²) in [4.78, 5) is 18.6. The largest absolute Gasteiger partial charge is 0.381 e. The van der Waals surface area contributed by atoms with Gasteiger partial charge in [-0.15, -0.1) is 0 Å². The van der Waals surface area contributed by atoms with Gasteiger partial charge in [-0.05, 0) is 25.0 Å². The molecule has 0 unspecified atom stereocenters. The van der Waals surface area contributed by atoms with E-state index in [1.165, 1.54) is 4.31 Å². The Bertz CT molecular complexity index is 729. The lowest BCUT2D eigenvalue weighted by Gasteiger charge is -2.35. The quantitative estimate of drug-likeness (QED) is 0.642. The first kappa shape index (κ1) is 20.0. The number of piperazine rings is 1. The second kappa shape index (κ2) is 8.51. The van der Waals surface area contributed by atoms with Gasteiger partial charge >= 0.3 is 0 Å². The van der Waals surface area contributed by atoms with Gasteiger partial charge in [-0.25, -0.2) is 13.4 Å². The molecular formula is C17H27N5O4S. The molecule has 0 aromatic carbocycles. The smallest absolute Gasteiger partial charge is 0.240 e. The van der Waals surface area contributed by atoms with Crippen LogP contribution >= 0.6 is 0 Å². The van der Waals surface area contributed by atoms with Crippen LogP contribution in [0.5, 0.6) is 0 Å². The second-order valence-electron chi connectivity index (χ2n) is 6.91. The predicted molar refractivity (Wildman–Crippen MR) is 102 cm³/mol. The normalized spacial score (nSPS) is 21.0. The molecule has 1 aromatic heterocycles. The molecule has 0 radical (unpaired) electrons. The fourth-order valence-corrected chi connectivity index (χ4v) is 4.64. The highest BCUT2D eigenvalue weighted by molar-refractivity contribution is 7.89. The van der Waals surface area contributed by atoms with E-state index in [1.807, 2.05) is 18.2 Å². The van der Waals surface area contributed by atoms with Crippen LogP contribution in [0.2, 0.25) is 0 Å². The van der Waals surface area contributed by atoms with Gasteiger partial charge in [-0.3, -0.25) is 4.79 Å². The van der Waals surface area contributed by atoms with Crippen molar-refractivity contribution in [3.63, 3.8) is 0 Å². The predicted octanol–water partition coefficient (Wildman–Crippen LogP) is -0.842. The monoisotopic (exact) mass is 397 g/mol. The van der Waals surface area contributed by atoms with E-state index < -0.39 is 15.6 Å². The van der Waals surface area contributed by atoms with Crippen molar-refractivity contribution in [2.45, 2.75) is 18.4 Å². The lowest BCUT2D eigenvalue weighted by atomic mass is 9.90. The highest BCUT2D eigenvalue weighted by Gasteiger charge is 2.36. The number of hydrogen-bond acceptors (Lipinski definition) is 7. The van der Waals surface area contributed by atoms with E-state index in [0.717, 1.165) is 5.82 Å². The van der Waals surface area contributed by atoms with Crippen LogP contribution in [0.3, 0.4) is 0 Å². The highest BCUT2D eigenvalue weighted by atomic mass is 32.2. The highest BCUT2D eigenvalue weighted by Crippen LogP contribution is 2.18. The Hall–Kier alpha value is -1.75. The Morgan fingerprint density at radius 1 is 1.22 bits per heavy atom. The van der Waals surface area contributed by atoms with Crippen molar-refractivity contribution in [3.8, 4) is 0 Å². The molecule has 3 heterocycles. The third kappa shape index (κ3) is 4.95. The molecule has 2 saturated heterocycles. The molecule has 10 heteroatoms. The van der Waals surface area contributed by atoms with Crippen LogP contribution in [0.1, 0.15) is 12.8 Å². The van der Waals surface area contributed by atoms with Crippen molar-refractivity contribution in [2.75, 3.05) is 56.6 Å². The number of hydrogen-bond donors (Lipinski definition) is 2. The summed E-state index contributed by atoms with van der Waals surface area (Å²) in [5.41, 5.74) is 5.14. The maximum Gasteiger partial charge on any atom is 0.240 e. The van der Waals surface area contributed by atoms with Crippen molar-refractivity contribution < 1.29 is 17.9 Å². The number of aromatic nitrogens is 1. The van der Waals surface area contributed by atoms with Gasteiger partial charge in [0.1, 0.15) is 5.82 Å². The number of carbonyl (C=O) groups is 1. The molecule has 2 aliphatic rings. The SMILES string of the molecule is NC1(C(=O)NCCS(=O)(=O)N2CCN(c3ccccn3)CC2)CCOCC1. The molecule has 27 heavy (non-hydrogen) atoms. The number of pyridine rings is 1. The number of ether oxygens (including phenoxy) is 1. The number of anilines is 1. The summed E-state index contributed by atoms with van der Waals surface area (Å²) >= 11 is 0. The van der Waals surface area contributed by atoms with Gasteiger partial charge in [0.15, 0.2) is 0 Å². The van der Waals surface area contributed by atoms with Crippen LogP contribution in [0.4, 0.5) is 5.82 Å². The Morgan fingerprint density at radius 3 is 2.56 bits per heavy atom. The van der Waals surface area contributed by atoms with Gasteiger partial charge in [0.25, 0.3) is 0 Å². The summed E-state index contributed by atoms with van der Waals surface area (Å²) in [6.45, 7) is 2.95. The zero-order valence-corrected chi connectivity index (χ0v) is 16.2. The molecule has 1 aromatic rings. The number of nitrogens with zero attached hydrogens (tertiary/aromatic N) is 3. The van der Waals surface area contributed by atoms with E-state index in [2.05, 4.69) is 15.2 Å². The molecule has 3 rings (SSSR count). The van der Waals surface area contributed by atoms with E-state index in [-0.39, 0.29) is 18.2 Å². The zero-order chi connectivity index (χ0) is 19.3. The first-order chi connectivity index (χ1) is 12.9. The number of rotatable bonds is 6. The van der Waals surface area contributed by atoms with Gasteiger partial charge in [0.2, 0.25) is 15.9 Å². The van der Waals surface area contributed by atoms with E-state index in [1.54, 1.807) is 6.20 Å². The average molecular weight is 398 g/mol. The summed E-state index contributed by atoms with van der Waals surface area (Å²) < 4.78 is 31.8. The second-order valence-corrected chi connectivity index (χ2v) is 9.00. The fourth-order valence-electron chi connectivity index (χ4n) is 3.30. The van der Waals surface area contributed by atoms with E-state index in [0.29, 0.717) is 52.2 Å². The Kier molecular flexibility index (Phi) is 6.30. The van der Waals surface area contributed by atoms with Crippen LogP contribution in [-0.2, 0) is 19.6 Å². The van der Waals surface area contributed by atoms with Gasteiger partial charge in [-0.1, -0.05) is 6.07 Å². The van der Waals surface area contributed by atoms with Crippen molar-refractivity contribution in [3.05, 3.63) is 24.4 Å². The molecule has 0 saturated carbocycles. The maximum atomic E-state index is 12.6. The summed E-state index contributed by atoms with van der Waals surface area (Å²) in [7, 11) is -3.43. The minimum absolute atomic E-state index is 0.0570. The van der Waals surface area contributed by atoms with Crippen LogP contribution in [0.15, 0.2) is 24.4 Å². The van der Waals surface area contributed by atoms with Crippen LogP contribution in [0, 0.1) is 0 Å². The van der Waals surface area contributed by atoms with E-state index >= 15 is 0 Å². The molecule has 2 aliphatic heterocycles. The third-order valence-electron chi connectivity index (χ3n) is 5.09. The first-order valence-electron chi connectivity index (χ1n) is 9.19. The van der Waals surface area contributed by atoms with E-state index in [4.69, 9.17) is 10.5 Å². The summed E-state index contributed by atoms with van der Waals surface area (Å²) in [5, 5.41) is 2.68. The van der Waals surface area contributed by atoms with Crippen LogP contribution < -0.4 is 16.0 Å². The molecule has 2 fully saturated rings. The Morgan fingerprint density at radius 2 is 1.93 bits per heavy atom. The van der Waals surface area contributed by atoms with Crippen molar-refractivity contribution in [1.82, 2.24) is 14.6 Å². The van der Waals surface area contributed by atoms with E-state index in [9.17, 15) is 13.2 Å². The number of amides is 1. The molecule has 0 aliphatic carbocycles. The Balaban J connectivity index is 1.46. The van der Waals surface area contributed by atoms with Gasteiger partial charge in [-0.2, -0.15) is 4.31 Å². The zero-order valence-electron chi connectivity index (χ0n) is 15.3. The number of nitrogens with two attached hydrogens (primary N) is 1. The molecule has 150 valence electrons. The lowest BCUT2D eigenvalue weighted by molar-refractivity contribution is -0.129. The molecule has 0 spiro atoms. The van der Waals surface area contributed by atoms with Crippen molar-refractivity contribution >= 4 is 21.7 Å². The molecule has 0 atom stereocenters. The van der Waals surface area contributed by atoms with Crippen molar-refractivity contribution in [1.29, 1.82) is 0 Å². The summed E-state index contributed by atoms with van der Waals surface area (Å²) in [6, 6.07) is 5.68.